The van der Waals surface area contributed by atoms with Gasteiger partial charge in [0, 0.05) is 25.3 Å². The van der Waals surface area contributed by atoms with Gasteiger partial charge in [0.2, 0.25) is 0 Å². The fourth-order valence-corrected chi connectivity index (χ4v) is 7.02. The summed E-state index contributed by atoms with van der Waals surface area (Å²) in [6, 6.07) is 23.9. The van der Waals surface area contributed by atoms with Gasteiger partial charge in [0.25, 0.3) is 0 Å². The molecule has 3 fully saturated rings. The van der Waals surface area contributed by atoms with Crippen LogP contribution in [-0.2, 0) is 13.0 Å². The minimum atomic E-state index is -0.581. The van der Waals surface area contributed by atoms with Gasteiger partial charge in [0.05, 0.1) is 6.04 Å². The molecule has 2 saturated heterocycles. The molecule has 3 aliphatic rings. The number of likely N-dealkylation sites (tertiary alicyclic amines) is 1. The fourth-order valence-electron chi connectivity index (χ4n) is 7.02. The van der Waals surface area contributed by atoms with Crippen molar-refractivity contribution in [2.45, 2.75) is 76.4 Å². The second-order valence-corrected chi connectivity index (χ2v) is 12.3. The number of hydrogen-bond acceptors (Lipinski definition) is 3. The van der Waals surface area contributed by atoms with Crippen LogP contribution in [0, 0.1) is 5.82 Å². The zero-order valence-electron chi connectivity index (χ0n) is 24.6. The second kappa shape index (κ2) is 12.2. The molecular weight excluding hydrogens is 523 g/mol. The number of amidine groups is 1. The molecule has 0 atom stereocenters. The van der Waals surface area contributed by atoms with Crippen LogP contribution in [0.4, 0.5) is 14.9 Å². The molecule has 2 aliphatic heterocycles. The Kier molecular flexibility index (Phi) is 8.25. The Morgan fingerprint density at radius 2 is 1.76 bits per heavy atom. The van der Waals surface area contributed by atoms with Crippen molar-refractivity contribution in [3.05, 3.63) is 102 Å². The molecule has 5 nitrogen and oxygen atoms in total. The molecule has 0 aromatic heterocycles. The molecule has 0 radical (unpaired) electrons. The number of halogens is 1. The summed E-state index contributed by atoms with van der Waals surface area (Å²) in [6.07, 6.45) is 8.10. The number of amides is 2. The summed E-state index contributed by atoms with van der Waals surface area (Å²) < 4.78 is 14.3. The van der Waals surface area contributed by atoms with E-state index < -0.39 is 5.54 Å². The predicted molar refractivity (Wildman–Crippen MR) is 169 cm³/mol. The van der Waals surface area contributed by atoms with Crippen LogP contribution in [0.2, 0.25) is 0 Å². The first-order chi connectivity index (χ1) is 20.4. The van der Waals surface area contributed by atoms with Gasteiger partial charge in [0.1, 0.15) is 17.2 Å². The van der Waals surface area contributed by atoms with Crippen molar-refractivity contribution in [3.63, 3.8) is 0 Å². The van der Waals surface area contributed by atoms with Gasteiger partial charge in [0.15, 0.2) is 0 Å². The number of rotatable bonds is 7. The molecule has 0 unspecified atom stereocenters. The minimum Gasteiger partial charge on any atom is -0.299 e. The van der Waals surface area contributed by atoms with E-state index in [0.29, 0.717) is 5.69 Å². The third-order valence-electron chi connectivity index (χ3n) is 9.09. The molecular formula is C36H41FN4O. The first-order valence-electron chi connectivity index (χ1n) is 15.4. The number of hydrogen-bond donors (Lipinski definition) is 1. The number of carbonyl (C=O) groups is 1. The van der Waals surface area contributed by atoms with Gasteiger partial charge in [-0.1, -0.05) is 79.9 Å². The lowest BCUT2D eigenvalue weighted by Crippen LogP contribution is -2.57. The highest BCUT2D eigenvalue weighted by Crippen LogP contribution is 2.39. The second-order valence-electron chi connectivity index (χ2n) is 12.3. The van der Waals surface area contributed by atoms with E-state index in [2.05, 4.69) is 72.3 Å². The van der Waals surface area contributed by atoms with Crippen LogP contribution in [0.1, 0.15) is 63.0 Å². The van der Waals surface area contributed by atoms with E-state index >= 15 is 0 Å². The van der Waals surface area contributed by atoms with E-state index in [4.69, 9.17) is 4.99 Å². The predicted octanol–water partition coefficient (Wildman–Crippen LogP) is 7.91. The summed E-state index contributed by atoms with van der Waals surface area (Å²) >= 11 is 0. The number of nitrogens with one attached hydrogen (secondary N) is 1. The zero-order chi connectivity index (χ0) is 29.1. The van der Waals surface area contributed by atoms with Crippen molar-refractivity contribution in [1.82, 2.24) is 10.2 Å². The Labute approximate surface area is 249 Å². The largest absolute Gasteiger partial charge is 0.328 e. The van der Waals surface area contributed by atoms with E-state index in [1.54, 1.807) is 11.0 Å². The Morgan fingerprint density at radius 3 is 2.52 bits per heavy atom. The van der Waals surface area contributed by atoms with Crippen molar-refractivity contribution in [2.24, 2.45) is 4.99 Å². The number of carbonyl (C=O) groups excluding carboxylic acids is 1. The van der Waals surface area contributed by atoms with Crippen molar-refractivity contribution in [2.75, 3.05) is 18.0 Å². The molecule has 3 aromatic rings. The van der Waals surface area contributed by atoms with Crippen molar-refractivity contribution in [3.8, 4) is 11.1 Å². The average Bonchev–Trinajstić information content (AvgIpc) is 3.24. The highest BCUT2D eigenvalue weighted by Gasteiger charge is 2.53. The SMILES string of the molecule is C=C(C)Cc1ccccc1-c1cccc(CN2CCC3(CC2)C(=NC2CCCCC2)NC(=O)N3c2cccc(F)c2)c1. The smallest absolute Gasteiger partial charge is 0.299 e. The lowest BCUT2D eigenvalue weighted by Gasteiger charge is -2.44. The molecule has 1 saturated carbocycles. The standard InChI is InChI=1S/C36H41FN4O/c1-26(2)22-28-11-6-7-17-33(28)29-12-8-10-27(23-29)25-40-20-18-36(19-21-40)34(38-31-14-4-3-5-15-31)39-35(42)41(36)32-16-9-13-30(37)24-32/h6-13,16-17,23-24,31H,1,3-5,14-15,18-22,25H2,2H3,(H,38,39,42). The minimum absolute atomic E-state index is 0.204. The van der Waals surface area contributed by atoms with Crippen LogP contribution >= 0.6 is 0 Å². The number of urea groups is 1. The third-order valence-corrected chi connectivity index (χ3v) is 9.09. The third kappa shape index (κ3) is 5.91. The summed E-state index contributed by atoms with van der Waals surface area (Å²) in [5, 5.41) is 3.13. The van der Waals surface area contributed by atoms with Crippen molar-refractivity contribution < 1.29 is 9.18 Å². The van der Waals surface area contributed by atoms with E-state index in [0.717, 1.165) is 63.1 Å². The number of nitrogens with zero attached hydrogens (tertiary/aromatic N) is 3. The molecule has 218 valence electrons. The summed E-state index contributed by atoms with van der Waals surface area (Å²) in [4.78, 5) is 22.9. The number of piperidine rings is 1. The Hall–Kier alpha value is -3.77. The maximum Gasteiger partial charge on any atom is 0.328 e. The Bertz CT molecular complexity index is 1480. The van der Waals surface area contributed by atoms with Crippen molar-refractivity contribution >= 4 is 17.6 Å². The van der Waals surface area contributed by atoms with Gasteiger partial charge in [-0.15, -0.1) is 0 Å². The Morgan fingerprint density at radius 1 is 1.00 bits per heavy atom. The van der Waals surface area contributed by atoms with Gasteiger partial charge in [-0.3, -0.25) is 20.1 Å². The molecule has 2 heterocycles. The van der Waals surface area contributed by atoms with E-state index in [-0.39, 0.29) is 17.9 Å². The first-order valence-corrected chi connectivity index (χ1v) is 15.4. The first kappa shape index (κ1) is 28.4. The monoisotopic (exact) mass is 564 g/mol. The number of benzene rings is 3. The lowest BCUT2D eigenvalue weighted by molar-refractivity contribution is 0.184. The van der Waals surface area contributed by atoms with Crippen LogP contribution in [0.3, 0.4) is 0 Å². The summed E-state index contributed by atoms with van der Waals surface area (Å²) in [5.74, 6) is 0.440. The van der Waals surface area contributed by atoms with Gasteiger partial charge in [-0.25, -0.2) is 9.18 Å². The van der Waals surface area contributed by atoms with Crippen LogP contribution in [0.25, 0.3) is 11.1 Å². The molecule has 1 spiro atoms. The summed E-state index contributed by atoms with van der Waals surface area (Å²) in [5.41, 5.74) is 6.21. The topological polar surface area (TPSA) is 47.9 Å². The summed E-state index contributed by atoms with van der Waals surface area (Å²) in [6.45, 7) is 8.67. The van der Waals surface area contributed by atoms with Crippen LogP contribution in [0.15, 0.2) is 89.9 Å². The molecule has 6 heteroatoms. The molecule has 1 aliphatic carbocycles. The maximum atomic E-state index is 14.3. The maximum absolute atomic E-state index is 14.3. The van der Waals surface area contributed by atoms with E-state index in [1.807, 2.05) is 6.07 Å². The van der Waals surface area contributed by atoms with Gasteiger partial charge < -0.3 is 0 Å². The lowest BCUT2D eigenvalue weighted by atomic mass is 9.84. The van der Waals surface area contributed by atoms with E-state index in [1.165, 1.54) is 53.6 Å². The quantitative estimate of drug-likeness (QED) is 0.297. The number of aliphatic imine (C=N–C) groups is 1. The van der Waals surface area contributed by atoms with Gasteiger partial charge in [-0.2, -0.15) is 0 Å². The number of allylic oxidation sites excluding steroid dienone is 1. The average molecular weight is 565 g/mol. The fraction of sp³-hybridized carbons (Fsp3) is 0.389. The highest BCUT2D eigenvalue weighted by atomic mass is 19.1. The normalized spacial score (nSPS) is 20.3. The zero-order valence-corrected chi connectivity index (χ0v) is 24.6. The van der Waals surface area contributed by atoms with Crippen LogP contribution in [-0.4, -0.2) is 41.4 Å². The van der Waals surface area contributed by atoms with E-state index in [9.17, 15) is 9.18 Å². The van der Waals surface area contributed by atoms with Gasteiger partial charge >= 0.3 is 6.03 Å². The molecule has 1 N–H and O–H groups in total. The molecule has 2 amide bonds. The van der Waals surface area contributed by atoms with Gasteiger partial charge in [-0.05, 0) is 85.5 Å². The highest BCUT2D eigenvalue weighted by molar-refractivity contribution is 6.19. The van der Waals surface area contributed by atoms with Crippen LogP contribution < -0.4 is 10.2 Å². The molecule has 6 rings (SSSR count). The van der Waals surface area contributed by atoms with Crippen LogP contribution in [0.5, 0.6) is 0 Å². The van der Waals surface area contributed by atoms with Crippen molar-refractivity contribution in [1.29, 1.82) is 0 Å². The number of anilines is 1. The molecule has 0 bridgehead atoms. The summed E-state index contributed by atoms with van der Waals surface area (Å²) in [7, 11) is 0. The Balaban J connectivity index is 1.23. The molecule has 42 heavy (non-hydrogen) atoms. The molecule has 3 aromatic carbocycles.